The average Bonchev–Trinajstić information content (AvgIpc) is 1.58. The van der Waals surface area contributed by atoms with Crippen LogP contribution in [0.3, 0.4) is 0 Å². The van der Waals surface area contributed by atoms with Gasteiger partial charge in [-0.2, -0.15) is 0 Å². The molecule has 4 heterocycles. The van der Waals surface area contributed by atoms with Crippen molar-refractivity contribution in [3.8, 4) is 5.75 Å². The van der Waals surface area contributed by atoms with Crippen molar-refractivity contribution in [2.45, 2.75) is 177 Å². The number of carbonyl (C=O) groups excluding carboxylic acids is 8. The van der Waals surface area contributed by atoms with E-state index >= 15 is 0 Å². The zero-order valence-corrected chi connectivity index (χ0v) is 58.1. The van der Waals surface area contributed by atoms with E-state index in [1.807, 2.05) is 6.92 Å². The molecule has 2 aromatic rings. The maximum atomic E-state index is 14.5. The number of alkyl carbamates (subject to hydrolysis) is 1. The summed E-state index contributed by atoms with van der Waals surface area (Å²) >= 11 is 6.82. The van der Waals surface area contributed by atoms with Crippen molar-refractivity contribution >= 4 is 116 Å². The van der Waals surface area contributed by atoms with E-state index in [4.69, 9.17) is 51.9 Å². The third kappa shape index (κ3) is 24.3. The number of aromatic nitrogens is 3. The zero-order chi connectivity index (χ0) is 73.6. The Morgan fingerprint density at radius 1 is 0.909 bits per heavy atom. The number of aliphatic carboxylic acids is 4. The number of fused-ring (bicyclic) bond motifs is 5. The number of rotatable bonds is 34. The molecule has 1 aromatic heterocycles. The molecule has 0 aliphatic carbocycles. The second-order valence-corrected chi connectivity index (χ2v) is 27.0. The van der Waals surface area contributed by atoms with Crippen LogP contribution in [0.25, 0.3) is 0 Å². The minimum Gasteiger partial charge on any atom is -0.495 e. The highest BCUT2D eigenvalue weighted by molar-refractivity contribution is 8.76. The molecule has 0 radical (unpaired) electrons. The van der Waals surface area contributed by atoms with Gasteiger partial charge in [0.2, 0.25) is 35.4 Å². The number of hydrogen-bond donors (Lipinski definition) is 12. The standard InChI is InChI=1S/C61H86ClN13O22S2/c1-31-12-9-15-43(94-8)61(92)28-42(95-59(91)70-61)32(2)52-60(4,97-52)44(27-47(78)74(6)40-23-34(22-31)24-41(93-7)51(40)62)96-57(90)33(3)73(5)46(77)18-21-98-99-30-39(56(88)89)69-55(87)38(26-50(83)84)68-53(85)36(14-11-19-65-58(63)64)67-54(86)37(25-49(81)82)66-45(76)17-20-75-29-35(71-72-75)13-10-16-48(79)80/h9,12,15,23-24,29,32-33,36-39,42-44,52,92H,10-11,13-14,16-22,25-28,30H2,1-8H3,(H,66,76)(H,67,86)(H,68,85)(H,69,87)(H,70,91)(H,79,80)(H,81,82)(H,83,84)(H,88,89)(H4,63,64,65)/b15-9+,31-12+/t32-,33+,36+,37+,38+,39+,42+,43-,44+,52+,60-,61+/m1/s1. The van der Waals surface area contributed by atoms with Crippen molar-refractivity contribution in [2.75, 3.05) is 51.3 Å². The molecule has 12 atom stereocenters. The third-order valence-electron chi connectivity index (χ3n) is 16.5. The van der Waals surface area contributed by atoms with Gasteiger partial charge in [0, 0.05) is 77.1 Å². The predicted molar refractivity (Wildman–Crippen MR) is 355 cm³/mol. The van der Waals surface area contributed by atoms with Gasteiger partial charge in [-0.25, -0.2) is 14.4 Å². The Morgan fingerprint density at radius 3 is 2.18 bits per heavy atom. The number of carboxylic acids is 4. The number of anilines is 1. The smallest absolute Gasteiger partial charge is 0.409 e. The van der Waals surface area contributed by atoms with E-state index < -0.39 is 163 Å². The van der Waals surface area contributed by atoms with Crippen molar-refractivity contribution in [3.05, 3.63) is 58.4 Å². The number of hydrogen-bond acceptors (Lipinski definition) is 23. The number of nitrogens with zero attached hydrogens (tertiary/aromatic N) is 6. The molecule has 7 amide bonds. The topological polar surface area (TPSA) is 517 Å². The van der Waals surface area contributed by atoms with Gasteiger partial charge in [-0.15, -0.1) is 5.10 Å². The molecule has 546 valence electrons. The first-order chi connectivity index (χ1) is 46.6. The van der Waals surface area contributed by atoms with Crippen LogP contribution < -0.4 is 47.7 Å². The van der Waals surface area contributed by atoms with Gasteiger partial charge >= 0.3 is 35.9 Å². The maximum absolute atomic E-state index is 14.5. The number of ether oxygens (including phenoxy) is 5. The van der Waals surface area contributed by atoms with E-state index in [0.29, 0.717) is 17.7 Å². The van der Waals surface area contributed by atoms with Crippen LogP contribution in [-0.2, 0) is 91.1 Å². The molecule has 2 fully saturated rings. The Morgan fingerprint density at radius 2 is 1.56 bits per heavy atom. The molecule has 2 saturated heterocycles. The Hall–Kier alpha value is -8.78. The summed E-state index contributed by atoms with van der Waals surface area (Å²) in [7, 11) is 7.51. The first kappa shape index (κ1) is 80.9. The summed E-state index contributed by atoms with van der Waals surface area (Å²) in [6.45, 7) is 6.38. The highest BCUT2D eigenvalue weighted by atomic mass is 35.5. The number of aryl methyl sites for hydroxylation is 2. The van der Waals surface area contributed by atoms with E-state index in [-0.39, 0.29) is 98.4 Å². The molecule has 38 heteroatoms. The van der Waals surface area contributed by atoms with Crippen LogP contribution in [0.1, 0.15) is 103 Å². The molecular formula is C61H86ClN13O22S2. The molecule has 0 unspecified atom stereocenters. The Bertz CT molecular complexity index is 3390. The fourth-order valence-electron chi connectivity index (χ4n) is 10.7. The number of esters is 1. The van der Waals surface area contributed by atoms with Gasteiger partial charge in [-0.3, -0.25) is 58.1 Å². The fourth-order valence-corrected chi connectivity index (χ4v) is 13.1. The molecule has 4 bridgehead atoms. The van der Waals surface area contributed by atoms with Crippen LogP contribution in [0.5, 0.6) is 5.75 Å². The highest BCUT2D eigenvalue weighted by Crippen LogP contribution is 2.49. The molecule has 3 aliphatic heterocycles. The lowest BCUT2D eigenvalue weighted by molar-refractivity contribution is -0.162. The van der Waals surface area contributed by atoms with Gasteiger partial charge < -0.3 is 91.8 Å². The molecule has 5 rings (SSSR count). The number of aliphatic hydroxyl groups is 1. The summed E-state index contributed by atoms with van der Waals surface area (Å²) in [5.41, 5.74) is 9.76. The highest BCUT2D eigenvalue weighted by Gasteiger charge is 2.64. The van der Waals surface area contributed by atoms with Gasteiger partial charge in [0.1, 0.15) is 64.9 Å². The average molecular weight is 1450 g/mol. The van der Waals surface area contributed by atoms with Gasteiger partial charge in [0.25, 0.3) is 0 Å². The van der Waals surface area contributed by atoms with Crippen molar-refractivity contribution in [1.29, 1.82) is 0 Å². The lowest BCUT2D eigenvalue weighted by atomic mass is 9.83. The van der Waals surface area contributed by atoms with Crippen LogP contribution in [0.4, 0.5) is 10.5 Å². The normalized spacial score (nSPS) is 23.0. The molecule has 14 N–H and O–H groups in total. The molecule has 35 nitrogen and oxygen atoms in total. The Balaban J connectivity index is 1.22. The first-order valence-corrected chi connectivity index (χ1v) is 34.1. The molecule has 0 spiro atoms. The van der Waals surface area contributed by atoms with Crippen molar-refractivity contribution in [1.82, 2.24) is 46.5 Å². The van der Waals surface area contributed by atoms with Crippen LogP contribution >= 0.6 is 33.2 Å². The number of amides is 7. The first-order valence-electron chi connectivity index (χ1n) is 31.2. The summed E-state index contributed by atoms with van der Waals surface area (Å²) in [5, 5.41) is 69.7. The lowest BCUT2D eigenvalue weighted by Gasteiger charge is -2.42. The molecule has 3 aliphatic rings. The van der Waals surface area contributed by atoms with Crippen molar-refractivity contribution in [3.63, 3.8) is 0 Å². The van der Waals surface area contributed by atoms with E-state index in [1.165, 1.54) is 51.0 Å². The zero-order valence-electron chi connectivity index (χ0n) is 55.8. The van der Waals surface area contributed by atoms with Crippen LogP contribution in [0.15, 0.2) is 47.1 Å². The van der Waals surface area contributed by atoms with Gasteiger partial charge in [0.05, 0.1) is 50.4 Å². The Kier molecular flexibility index (Phi) is 30.6. The number of allylic oxidation sites excluding steroid dienone is 3. The second kappa shape index (κ2) is 37.4. The number of carbonyl (C=O) groups is 12. The van der Waals surface area contributed by atoms with Gasteiger partial charge in [-0.1, -0.05) is 69.1 Å². The van der Waals surface area contributed by atoms with Crippen LogP contribution in [0.2, 0.25) is 5.02 Å². The van der Waals surface area contributed by atoms with E-state index in [1.54, 1.807) is 44.2 Å². The number of epoxide rings is 1. The third-order valence-corrected chi connectivity index (χ3v) is 19.2. The largest absolute Gasteiger partial charge is 0.495 e. The van der Waals surface area contributed by atoms with Crippen molar-refractivity contribution < 1.29 is 107 Å². The van der Waals surface area contributed by atoms with Crippen LogP contribution in [-0.4, -0.2) is 235 Å². The number of methoxy groups -OCH3 is 2. The monoisotopic (exact) mass is 1450 g/mol. The second-order valence-electron chi connectivity index (χ2n) is 24.0. The number of nitrogens with one attached hydrogen (secondary N) is 5. The summed E-state index contributed by atoms with van der Waals surface area (Å²) in [6.07, 6.45) is -1.42. The summed E-state index contributed by atoms with van der Waals surface area (Å²) in [6, 6.07) is -5.00. The number of aliphatic imine (C=N–C) groups is 1. The van der Waals surface area contributed by atoms with Crippen molar-refractivity contribution in [2.24, 2.45) is 22.4 Å². The lowest BCUT2D eigenvalue weighted by Crippen LogP contribution is -2.63. The number of nitrogens with two attached hydrogens (primary N) is 2. The van der Waals surface area contributed by atoms with E-state index in [9.17, 15) is 78.0 Å². The number of likely N-dealkylation sites (N-methyl/N-ethyl adjacent to an activating group) is 1. The maximum Gasteiger partial charge on any atom is 0.409 e. The minimum absolute atomic E-state index is 0.0145. The van der Waals surface area contributed by atoms with Gasteiger partial charge in [-0.05, 0) is 70.6 Å². The molecular weight excluding hydrogens is 1370 g/mol. The summed E-state index contributed by atoms with van der Waals surface area (Å²) in [4.78, 5) is 163. The Labute approximate surface area is 581 Å². The fraction of sp³-hybridized carbons (Fsp3) is 0.590. The van der Waals surface area contributed by atoms with E-state index in [0.717, 1.165) is 32.1 Å². The number of benzene rings is 1. The SMILES string of the molecule is COc1cc2cc(c1Cl)N(C)C(=O)C[C@H](OC(=O)[C@H](C)N(C)C(=O)CCSSC[C@H](NC(=O)[C@H](CC(=O)O)NC(=O)[C@H](CCCN=C(N)N)NC(=O)[C@H](CC(=O)O)NC(=O)CCn1cc(CCCC(=O)O)nn1)C(=O)O)[C@@]1(C)O[C@H]1[C@H](C)[C@@H]1C[C@@](O)(NC(=O)O1)[C@H](OC)/C=C/C=C(\C)C2. The number of carboxylic acid groups (broad SMARTS) is 4. The van der Waals surface area contributed by atoms with E-state index in [2.05, 4.69) is 41.9 Å². The quantitative estimate of drug-likeness (QED) is 0.0113. The number of guanidine groups is 1. The molecule has 1 aromatic carbocycles. The molecule has 99 heavy (non-hydrogen) atoms. The minimum atomic E-state index is -1.97. The summed E-state index contributed by atoms with van der Waals surface area (Å²) < 4.78 is 30.6. The summed E-state index contributed by atoms with van der Waals surface area (Å²) in [5.74, 6) is -13.4. The number of halogens is 1. The molecule has 0 saturated carbocycles. The predicted octanol–water partition coefficient (Wildman–Crippen LogP) is 0.402. The van der Waals surface area contributed by atoms with Crippen LogP contribution in [0, 0.1) is 5.92 Å². The van der Waals surface area contributed by atoms with Gasteiger partial charge in [0.15, 0.2) is 11.7 Å².